The lowest BCUT2D eigenvalue weighted by atomic mass is 9.86. The number of anilines is 2. The van der Waals surface area contributed by atoms with Crippen LogP contribution < -0.4 is 15.5 Å². The summed E-state index contributed by atoms with van der Waals surface area (Å²) in [6, 6.07) is 9.71. The van der Waals surface area contributed by atoms with Crippen LogP contribution in [0.15, 0.2) is 34.8 Å². The highest BCUT2D eigenvalue weighted by Gasteiger charge is 2.23. The molecule has 150 valence electrons. The van der Waals surface area contributed by atoms with Crippen LogP contribution in [0.2, 0.25) is 0 Å². The van der Waals surface area contributed by atoms with Gasteiger partial charge in [-0.3, -0.25) is 4.79 Å². The molecule has 0 atom stereocenters. The van der Waals surface area contributed by atoms with E-state index in [9.17, 15) is 4.79 Å². The topological polar surface area (TPSA) is 70.2 Å². The molecule has 28 heavy (non-hydrogen) atoms. The van der Waals surface area contributed by atoms with E-state index in [1.54, 1.807) is 0 Å². The number of carbonyl (C=O) groups excluding carboxylic acids is 1. The maximum atomic E-state index is 12.4. The van der Waals surface area contributed by atoms with Gasteiger partial charge < -0.3 is 15.5 Å². The Hall–Kier alpha value is -2.15. The Morgan fingerprint density at radius 3 is 2.46 bits per heavy atom. The van der Waals surface area contributed by atoms with E-state index in [1.807, 2.05) is 56.3 Å². The van der Waals surface area contributed by atoms with Crippen LogP contribution in [-0.4, -0.2) is 42.6 Å². The summed E-state index contributed by atoms with van der Waals surface area (Å²) in [5, 5.41) is 6.57. The molecule has 2 N–H and O–H groups in total. The second-order valence-electron chi connectivity index (χ2n) is 7.66. The fourth-order valence-corrected chi connectivity index (χ4v) is 3.74. The Morgan fingerprint density at radius 2 is 1.82 bits per heavy atom. The van der Waals surface area contributed by atoms with Crippen molar-refractivity contribution in [2.75, 3.05) is 30.9 Å². The van der Waals surface area contributed by atoms with Crippen molar-refractivity contribution in [2.24, 2.45) is 5.92 Å². The van der Waals surface area contributed by atoms with Gasteiger partial charge >= 0.3 is 0 Å². The maximum Gasteiger partial charge on any atom is 0.251 e. The number of amides is 1. The van der Waals surface area contributed by atoms with Crippen LogP contribution in [0.1, 0.15) is 41.7 Å². The number of benzene rings is 1. The van der Waals surface area contributed by atoms with Crippen molar-refractivity contribution in [3.05, 3.63) is 46.1 Å². The molecule has 1 fully saturated rings. The standard InChI is InChI=1S/C21H28BrN5O/c1-14-12-19(27(2)3)26-21(24-14)23-13-15-4-10-18(11-5-15)25-20(28)16-6-8-17(22)9-7-16/h6-9,12,15,18H,4-5,10-11,13H2,1-3H3,(H,25,28)(H,23,24,26). The minimum absolute atomic E-state index is 0.0125. The Balaban J connectivity index is 1.45. The molecule has 3 rings (SSSR count). The third-order valence-electron chi connectivity index (χ3n) is 5.14. The predicted octanol–water partition coefficient (Wildman–Crippen LogP) is 4.01. The molecule has 0 bridgehead atoms. The number of aryl methyl sites for hydroxylation is 1. The first-order chi connectivity index (χ1) is 13.4. The number of hydrogen-bond donors (Lipinski definition) is 2. The Labute approximate surface area is 175 Å². The van der Waals surface area contributed by atoms with Crippen LogP contribution in [0.4, 0.5) is 11.8 Å². The van der Waals surface area contributed by atoms with Crippen LogP contribution in [0.3, 0.4) is 0 Å². The molecule has 0 unspecified atom stereocenters. The largest absolute Gasteiger partial charge is 0.363 e. The molecule has 7 heteroatoms. The molecular formula is C21H28BrN5O. The van der Waals surface area contributed by atoms with Crippen LogP contribution in [-0.2, 0) is 0 Å². The first-order valence-electron chi connectivity index (χ1n) is 9.74. The Bertz CT molecular complexity index is 801. The summed E-state index contributed by atoms with van der Waals surface area (Å²) >= 11 is 3.40. The van der Waals surface area contributed by atoms with Gasteiger partial charge in [0.25, 0.3) is 5.91 Å². The van der Waals surface area contributed by atoms with Crippen molar-refractivity contribution >= 4 is 33.6 Å². The molecule has 1 saturated carbocycles. The summed E-state index contributed by atoms with van der Waals surface area (Å²) < 4.78 is 0.979. The molecule has 1 heterocycles. The quantitative estimate of drug-likeness (QED) is 0.702. The van der Waals surface area contributed by atoms with Gasteiger partial charge in [-0.15, -0.1) is 0 Å². The van der Waals surface area contributed by atoms with Crippen LogP contribution in [0, 0.1) is 12.8 Å². The fourth-order valence-electron chi connectivity index (χ4n) is 3.48. The molecule has 1 aliphatic carbocycles. The van der Waals surface area contributed by atoms with E-state index in [2.05, 4.69) is 36.5 Å². The van der Waals surface area contributed by atoms with E-state index >= 15 is 0 Å². The van der Waals surface area contributed by atoms with Crippen molar-refractivity contribution in [2.45, 2.75) is 38.6 Å². The van der Waals surface area contributed by atoms with Crippen LogP contribution in [0.25, 0.3) is 0 Å². The number of hydrogen-bond acceptors (Lipinski definition) is 5. The molecular weight excluding hydrogens is 418 g/mol. The summed E-state index contributed by atoms with van der Waals surface area (Å²) in [4.78, 5) is 23.4. The molecule has 0 saturated heterocycles. The van der Waals surface area contributed by atoms with Gasteiger partial charge in [-0.2, -0.15) is 4.98 Å². The average molecular weight is 446 g/mol. The summed E-state index contributed by atoms with van der Waals surface area (Å²) in [6.45, 7) is 2.85. The maximum absolute atomic E-state index is 12.4. The van der Waals surface area contributed by atoms with E-state index < -0.39 is 0 Å². The highest BCUT2D eigenvalue weighted by Crippen LogP contribution is 2.25. The zero-order chi connectivity index (χ0) is 20.1. The lowest BCUT2D eigenvalue weighted by Gasteiger charge is -2.29. The molecule has 1 aromatic carbocycles. The second kappa shape index (κ2) is 9.37. The molecule has 1 amide bonds. The number of rotatable bonds is 6. The first kappa shape index (κ1) is 20.6. The number of aromatic nitrogens is 2. The molecule has 1 aromatic heterocycles. The number of nitrogens with one attached hydrogen (secondary N) is 2. The summed E-state index contributed by atoms with van der Waals surface area (Å²) in [6.07, 6.45) is 4.19. The zero-order valence-corrected chi connectivity index (χ0v) is 18.3. The second-order valence-corrected chi connectivity index (χ2v) is 8.58. The molecule has 0 radical (unpaired) electrons. The Morgan fingerprint density at radius 1 is 1.14 bits per heavy atom. The Kier molecular flexibility index (Phi) is 6.88. The number of halogens is 1. The smallest absolute Gasteiger partial charge is 0.251 e. The van der Waals surface area contributed by atoms with E-state index in [1.165, 1.54) is 0 Å². The third kappa shape index (κ3) is 5.67. The predicted molar refractivity (Wildman–Crippen MR) is 117 cm³/mol. The van der Waals surface area contributed by atoms with Gasteiger partial charge in [0, 0.05) is 48.5 Å². The minimum Gasteiger partial charge on any atom is -0.363 e. The van der Waals surface area contributed by atoms with Crippen molar-refractivity contribution < 1.29 is 4.79 Å². The highest BCUT2D eigenvalue weighted by atomic mass is 79.9. The van der Waals surface area contributed by atoms with Gasteiger partial charge in [0.1, 0.15) is 5.82 Å². The van der Waals surface area contributed by atoms with Gasteiger partial charge in [-0.05, 0) is 62.8 Å². The van der Waals surface area contributed by atoms with Gasteiger partial charge in [0.05, 0.1) is 0 Å². The minimum atomic E-state index is 0.0125. The van der Waals surface area contributed by atoms with Crippen molar-refractivity contribution in [3.63, 3.8) is 0 Å². The molecule has 1 aliphatic rings. The van der Waals surface area contributed by atoms with E-state index in [0.29, 0.717) is 17.4 Å². The van der Waals surface area contributed by atoms with E-state index in [-0.39, 0.29) is 11.9 Å². The SMILES string of the molecule is Cc1cc(N(C)C)nc(NCC2CCC(NC(=O)c3ccc(Br)cc3)CC2)n1. The lowest BCUT2D eigenvalue weighted by molar-refractivity contribution is 0.0922. The number of nitrogens with zero attached hydrogens (tertiary/aromatic N) is 3. The van der Waals surface area contributed by atoms with Gasteiger partial charge in [-0.1, -0.05) is 15.9 Å². The molecule has 6 nitrogen and oxygen atoms in total. The molecule has 2 aromatic rings. The zero-order valence-electron chi connectivity index (χ0n) is 16.7. The lowest BCUT2D eigenvalue weighted by Crippen LogP contribution is -2.38. The van der Waals surface area contributed by atoms with Crippen molar-refractivity contribution in [3.8, 4) is 0 Å². The monoisotopic (exact) mass is 445 g/mol. The van der Waals surface area contributed by atoms with Gasteiger partial charge in [-0.25, -0.2) is 4.98 Å². The summed E-state index contributed by atoms with van der Waals surface area (Å²) in [7, 11) is 3.96. The van der Waals surface area contributed by atoms with E-state index in [0.717, 1.165) is 48.2 Å². The van der Waals surface area contributed by atoms with Gasteiger partial charge in [0.15, 0.2) is 0 Å². The third-order valence-corrected chi connectivity index (χ3v) is 5.66. The van der Waals surface area contributed by atoms with Crippen molar-refractivity contribution in [1.82, 2.24) is 15.3 Å². The normalized spacial score (nSPS) is 19.1. The fraction of sp³-hybridized carbons (Fsp3) is 0.476. The van der Waals surface area contributed by atoms with Crippen LogP contribution >= 0.6 is 15.9 Å². The average Bonchev–Trinajstić information content (AvgIpc) is 2.67. The van der Waals surface area contributed by atoms with Gasteiger partial charge in [0.2, 0.25) is 5.95 Å². The van der Waals surface area contributed by atoms with Crippen LogP contribution in [0.5, 0.6) is 0 Å². The highest BCUT2D eigenvalue weighted by molar-refractivity contribution is 9.10. The van der Waals surface area contributed by atoms with E-state index in [4.69, 9.17) is 0 Å². The van der Waals surface area contributed by atoms with Crippen molar-refractivity contribution in [1.29, 1.82) is 0 Å². The number of carbonyl (C=O) groups is 1. The first-order valence-corrected chi connectivity index (χ1v) is 10.5. The molecule has 0 aliphatic heterocycles. The summed E-state index contributed by atoms with van der Waals surface area (Å²) in [5.74, 6) is 2.19. The molecule has 0 spiro atoms. The summed E-state index contributed by atoms with van der Waals surface area (Å²) in [5.41, 5.74) is 1.67.